The Morgan fingerprint density at radius 3 is 2.33 bits per heavy atom. The molecule has 0 bridgehead atoms. The number of anilines is 1. The Balaban J connectivity index is 1.46. The zero-order valence-electron chi connectivity index (χ0n) is 18.6. The number of carbonyl (C=O) groups excluding carboxylic acids is 1. The molecule has 7 nitrogen and oxygen atoms in total. The number of benzene rings is 2. The van der Waals surface area contributed by atoms with Crippen LogP contribution >= 0.6 is 0 Å². The maximum atomic E-state index is 13.6. The lowest BCUT2D eigenvalue weighted by Gasteiger charge is -2.35. The van der Waals surface area contributed by atoms with E-state index in [1.165, 1.54) is 11.3 Å². The number of aromatic nitrogens is 4. The van der Waals surface area contributed by atoms with Crippen LogP contribution in [0.1, 0.15) is 23.0 Å². The fourth-order valence-corrected chi connectivity index (χ4v) is 4.24. The smallest absolute Gasteiger partial charge is 0.276 e. The van der Waals surface area contributed by atoms with Gasteiger partial charge < -0.3 is 9.80 Å². The molecule has 0 radical (unpaired) electrons. The Hall–Kier alpha value is -4.00. The average Bonchev–Trinajstić information content (AvgIpc) is 3.35. The van der Waals surface area contributed by atoms with Crippen molar-refractivity contribution < 1.29 is 4.79 Å². The highest BCUT2D eigenvalue weighted by atomic mass is 16.2. The summed E-state index contributed by atoms with van der Waals surface area (Å²) in [4.78, 5) is 21.9. The van der Waals surface area contributed by atoms with E-state index in [0.717, 1.165) is 30.8 Å². The number of rotatable bonds is 5. The molecule has 1 fully saturated rings. The van der Waals surface area contributed by atoms with E-state index in [9.17, 15) is 4.79 Å². The number of piperazine rings is 1. The molecule has 1 saturated heterocycles. The highest BCUT2D eigenvalue weighted by molar-refractivity contribution is 5.98. The minimum Gasteiger partial charge on any atom is -0.368 e. The monoisotopic (exact) mass is 438 g/mol. The van der Waals surface area contributed by atoms with Crippen molar-refractivity contribution in [2.75, 3.05) is 31.1 Å². The Labute approximate surface area is 193 Å². The molecule has 0 aliphatic carbocycles. The summed E-state index contributed by atoms with van der Waals surface area (Å²) < 4.78 is 1.77. The Morgan fingerprint density at radius 1 is 0.879 bits per heavy atom. The molecule has 1 aliphatic rings. The van der Waals surface area contributed by atoms with Crippen molar-refractivity contribution in [2.45, 2.75) is 13.3 Å². The molecule has 0 unspecified atom stereocenters. The molecule has 0 spiro atoms. The van der Waals surface area contributed by atoms with E-state index < -0.39 is 0 Å². The largest absolute Gasteiger partial charge is 0.368 e. The first-order valence-electron chi connectivity index (χ1n) is 11.3. The molecule has 4 aromatic rings. The van der Waals surface area contributed by atoms with Gasteiger partial charge in [-0.25, -0.2) is 4.68 Å². The lowest BCUT2D eigenvalue weighted by atomic mass is 10.1. The van der Waals surface area contributed by atoms with E-state index in [0.29, 0.717) is 24.5 Å². The van der Waals surface area contributed by atoms with Crippen LogP contribution in [0.4, 0.5) is 5.69 Å². The van der Waals surface area contributed by atoms with Crippen molar-refractivity contribution >= 4 is 11.6 Å². The van der Waals surface area contributed by atoms with Crippen molar-refractivity contribution in [3.63, 3.8) is 0 Å². The predicted molar refractivity (Wildman–Crippen MR) is 129 cm³/mol. The van der Waals surface area contributed by atoms with Gasteiger partial charge in [-0.3, -0.25) is 9.78 Å². The van der Waals surface area contributed by atoms with E-state index in [1.54, 1.807) is 17.1 Å². The van der Waals surface area contributed by atoms with Crippen molar-refractivity contribution in [1.29, 1.82) is 0 Å². The Kier molecular flexibility index (Phi) is 5.85. The second-order valence-electron chi connectivity index (χ2n) is 8.07. The lowest BCUT2D eigenvalue weighted by Crippen LogP contribution is -2.49. The highest BCUT2D eigenvalue weighted by Gasteiger charge is 2.29. The first kappa shape index (κ1) is 20.9. The molecule has 7 heteroatoms. The maximum Gasteiger partial charge on any atom is 0.276 e. The van der Waals surface area contributed by atoms with Gasteiger partial charge in [0.2, 0.25) is 0 Å². The lowest BCUT2D eigenvalue weighted by molar-refractivity contribution is 0.0741. The van der Waals surface area contributed by atoms with Crippen molar-refractivity contribution in [3.05, 3.63) is 90.4 Å². The number of hydrogen-bond donors (Lipinski definition) is 0. The highest BCUT2D eigenvalue weighted by Crippen LogP contribution is 2.27. The summed E-state index contributed by atoms with van der Waals surface area (Å²) >= 11 is 0. The molecule has 0 N–H and O–H groups in total. The molecule has 166 valence electrons. The predicted octanol–water partition coefficient (Wildman–Crippen LogP) is 3.85. The Morgan fingerprint density at radius 2 is 1.61 bits per heavy atom. The van der Waals surface area contributed by atoms with Gasteiger partial charge in [0.1, 0.15) is 5.69 Å². The maximum absolute atomic E-state index is 13.6. The Bertz CT molecular complexity index is 1230. The van der Waals surface area contributed by atoms with Crippen LogP contribution < -0.4 is 4.90 Å². The first-order valence-corrected chi connectivity index (χ1v) is 11.3. The van der Waals surface area contributed by atoms with Crippen LogP contribution in [-0.4, -0.2) is 57.0 Å². The minimum absolute atomic E-state index is 0.0904. The van der Waals surface area contributed by atoms with Gasteiger partial charge in [-0.2, -0.15) is 0 Å². The summed E-state index contributed by atoms with van der Waals surface area (Å²) in [7, 11) is 0. The molecule has 33 heavy (non-hydrogen) atoms. The third kappa shape index (κ3) is 4.22. The number of nitrogens with zero attached hydrogens (tertiary/aromatic N) is 6. The normalized spacial score (nSPS) is 13.8. The second kappa shape index (κ2) is 9.24. The SMILES string of the molecule is CCc1cccc(-n2nnc(C(=O)N3CCN(c4ccccc4)CC3)c2-c2ccncc2)c1. The van der Waals surface area contributed by atoms with Crippen LogP contribution in [0.15, 0.2) is 79.1 Å². The summed E-state index contributed by atoms with van der Waals surface area (Å²) in [5.74, 6) is -0.0904. The van der Waals surface area contributed by atoms with Crippen LogP contribution in [0.3, 0.4) is 0 Å². The van der Waals surface area contributed by atoms with Crippen LogP contribution in [0.2, 0.25) is 0 Å². The molecule has 3 heterocycles. The molecule has 2 aromatic heterocycles. The third-order valence-corrected chi connectivity index (χ3v) is 6.08. The quantitative estimate of drug-likeness (QED) is 0.473. The van der Waals surface area contributed by atoms with Crippen molar-refractivity contribution in [2.24, 2.45) is 0 Å². The van der Waals surface area contributed by atoms with E-state index in [-0.39, 0.29) is 5.91 Å². The van der Waals surface area contributed by atoms with Gasteiger partial charge in [0.05, 0.1) is 5.69 Å². The summed E-state index contributed by atoms with van der Waals surface area (Å²) in [6, 6.07) is 22.3. The number of amides is 1. The van der Waals surface area contributed by atoms with Gasteiger partial charge in [-0.1, -0.05) is 42.5 Å². The van der Waals surface area contributed by atoms with Gasteiger partial charge >= 0.3 is 0 Å². The summed E-state index contributed by atoms with van der Waals surface area (Å²) in [5.41, 5.74) is 5.21. The first-order chi connectivity index (χ1) is 16.2. The van der Waals surface area contributed by atoms with Gasteiger partial charge in [-0.15, -0.1) is 5.10 Å². The molecule has 5 rings (SSSR count). The number of pyridine rings is 1. The summed E-state index contributed by atoms with van der Waals surface area (Å²) in [5, 5.41) is 8.77. The number of carbonyl (C=O) groups is 1. The second-order valence-corrected chi connectivity index (χ2v) is 8.07. The molecule has 0 atom stereocenters. The van der Waals surface area contributed by atoms with Gasteiger partial charge in [0.25, 0.3) is 5.91 Å². The van der Waals surface area contributed by atoms with Gasteiger partial charge in [-0.05, 0) is 48.4 Å². The zero-order valence-corrected chi connectivity index (χ0v) is 18.6. The summed E-state index contributed by atoms with van der Waals surface area (Å²) in [6.07, 6.45) is 4.37. The van der Waals surface area contributed by atoms with Crippen molar-refractivity contribution in [1.82, 2.24) is 24.9 Å². The molecule has 0 saturated carbocycles. The summed E-state index contributed by atoms with van der Waals surface area (Å²) in [6.45, 7) is 4.97. The zero-order chi connectivity index (χ0) is 22.6. The molecular formula is C26H26N6O. The molecular weight excluding hydrogens is 412 g/mol. The average molecular weight is 439 g/mol. The van der Waals surface area contributed by atoms with E-state index >= 15 is 0 Å². The topological polar surface area (TPSA) is 67.2 Å². The van der Waals surface area contributed by atoms with Crippen molar-refractivity contribution in [3.8, 4) is 16.9 Å². The van der Waals surface area contributed by atoms with E-state index in [1.807, 2.05) is 47.4 Å². The molecule has 1 amide bonds. The molecule has 2 aromatic carbocycles. The van der Waals surface area contributed by atoms with Crippen LogP contribution in [0.25, 0.3) is 16.9 Å². The van der Waals surface area contributed by atoms with E-state index in [2.05, 4.69) is 51.4 Å². The minimum atomic E-state index is -0.0904. The number of aryl methyl sites for hydroxylation is 1. The fraction of sp³-hybridized carbons (Fsp3) is 0.231. The van der Waals surface area contributed by atoms with Crippen LogP contribution in [-0.2, 0) is 6.42 Å². The van der Waals surface area contributed by atoms with Gasteiger partial charge in [0.15, 0.2) is 5.69 Å². The standard InChI is InChI=1S/C26H26N6O/c1-2-20-7-6-10-23(19-20)32-25(21-11-13-27-14-12-21)24(28-29-32)26(33)31-17-15-30(16-18-31)22-8-4-3-5-9-22/h3-14,19H,2,15-18H2,1H3. The number of hydrogen-bond acceptors (Lipinski definition) is 5. The number of para-hydroxylation sites is 1. The molecule has 1 aliphatic heterocycles. The third-order valence-electron chi connectivity index (χ3n) is 6.08. The van der Waals surface area contributed by atoms with E-state index in [4.69, 9.17) is 0 Å². The van der Waals surface area contributed by atoms with Gasteiger partial charge in [0, 0.05) is 49.8 Å². The van der Waals surface area contributed by atoms with Crippen LogP contribution in [0.5, 0.6) is 0 Å². The van der Waals surface area contributed by atoms with Crippen LogP contribution in [0, 0.1) is 0 Å². The fourth-order valence-electron chi connectivity index (χ4n) is 4.24.